The maximum atomic E-state index is 13.0. The van der Waals surface area contributed by atoms with Crippen molar-refractivity contribution in [2.24, 2.45) is 11.8 Å². The van der Waals surface area contributed by atoms with Crippen LogP contribution in [0.15, 0.2) is 24.3 Å². The van der Waals surface area contributed by atoms with E-state index in [1.54, 1.807) is 12.1 Å². The fraction of sp³-hybridized carbons (Fsp3) is 0.375. The van der Waals surface area contributed by atoms with E-state index in [0.717, 1.165) is 29.2 Å². The summed E-state index contributed by atoms with van der Waals surface area (Å²) in [6, 6.07) is 6.23. The molecule has 2 N–H and O–H groups in total. The number of aryl methyl sites for hydroxylation is 1. The van der Waals surface area contributed by atoms with E-state index in [2.05, 4.69) is 15.6 Å². The van der Waals surface area contributed by atoms with Gasteiger partial charge in [-0.3, -0.25) is 4.79 Å². The molecule has 0 spiro atoms. The van der Waals surface area contributed by atoms with Gasteiger partial charge in [-0.1, -0.05) is 6.92 Å². The number of hydrogen-bond donors (Lipinski definition) is 2. The third kappa shape index (κ3) is 3.88. The molecule has 124 valence electrons. The SMILES string of the molecule is Cc1sc(NC(=O)C(C)C2CNC2)nc1-c1ccc(F)cc1.Cl. The molecule has 1 saturated heterocycles. The van der Waals surface area contributed by atoms with E-state index in [0.29, 0.717) is 11.0 Å². The van der Waals surface area contributed by atoms with Gasteiger partial charge in [-0.2, -0.15) is 0 Å². The summed E-state index contributed by atoms with van der Waals surface area (Å²) in [5.41, 5.74) is 1.64. The number of halogens is 2. The van der Waals surface area contributed by atoms with Gasteiger partial charge in [0.1, 0.15) is 5.82 Å². The smallest absolute Gasteiger partial charge is 0.229 e. The highest BCUT2D eigenvalue weighted by Crippen LogP contribution is 2.31. The molecular formula is C16H19ClFN3OS. The maximum absolute atomic E-state index is 13.0. The number of nitrogens with zero attached hydrogens (tertiary/aromatic N) is 1. The number of rotatable bonds is 4. The van der Waals surface area contributed by atoms with Crippen molar-refractivity contribution in [3.05, 3.63) is 35.0 Å². The predicted molar refractivity (Wildman–Crippen MR) is 93.6 cm³/mol. The molecule has 2 heterocycles. The van der Waals surface area contributed by atoms with E-state index < -0.39 is 0 Å². The van der Waals surface area contributed by atoms with Gasteiger partial charge in [-0.25, -0.2) is 9.37 Å². The zero-order valence-corrected chi connectivity index (χ0v) is 14.6. The quantitative estimate of drug-likeness (QED) is 0.882. The maximum Gasteiger partial charge on any atom is 0.229 e. The molecule has 1 aliphatic rings. The minimum atomic E-state index is -0.270. The summed E-state index contributed by atoms with van der Waals surface area (Å²) >= 11 is 1.44. The zero-order valence-electron chi connectivity index (χ0n) is 12.9. The predicted octanol–water partition coefficient (Wildman–Crippen LogP) is 3.47. The van der Waals surface area contributed by atoms with Crippen LogP contribution in [0.4, 0.5) is 9.52 Å². The van der Waals surface area contributed by atoms with E-state index in [1.165, 1.54) is 23.5 Å². The van der Waals surface area contributed by atoms with E-state index in [4.69, 9.17) is 0 Å². The molecule has 1 unspecified atom stereocenters. The number of aromatic nitrogens is 1. The summed E-state index contributed by atoms with van der Waals surface area (Å²) in [6.07, 6.45) is 0. The number of hydrogen-bond acceptors (Lipinski definition) is 4. The fourth-order valence-corrected chi connectivity index (χ4v) is 3.26. The van der Waals surface area contributed by atoms with Crippen LogP contribution in [-0.4, -0.2) is 24.0 Å². The Labute approximate surface area is 144 Å². The molecule has 1 fully saturated rings. The number of amides is 1. The topological polar surface area (TPSA) is 54.0 Å². The van der Waals surface area contributed by atoms with Gasteiger partial charge >= 0.3 is 0 Å². The second-order valence-electron chi connectivity index (χ2n) is 5.63. The molecule has 1 aromatic carbocycles. The molecule has 1 aromatic heterocycles. The highest BCUT2D eigenvalue weighted by molar-refractivity contribution is 7.16. The van der Waals surface area contributed by atoms with Gasteiger partial charge in [-0.05, 0) is 50.2 Å². The Morgan fingerprint density at radius 2 is 2.04 bits per heavy atom. The largest absolute Gasteiger partial charge is 0.316 e. The lowest BCUT2D eigenvalue weighted by atomic mass is 9.88. The van der Waals surface area contributed by atoms with Crippen LogP contribution in [0.2, 0.25) is 0 Å². The average Bonchev–Trinajstić information content (AvgIpc) is 2.78. The summed E-state index contributed by atoms with van der Waals surface area (Å²) in [7, 11) is 0. The Morgan fingerprint density at radius 1 is 1.39 bits per heavy atom. The Balaban J connectivity index is 0.00000192. The van der Waals surface area contributed by atoms with Crippen LogP contribution in [0.25, 0.3) is 11.3 Å². The van der Waals surface area contributed by atoms with Gasteiger partial charge in [-0.15, -0.1) is 23.7 Å². The number of thiazole rings is 1. The monoisotopic (exact) mass is 355 g/mol. The number of anilines is 1. The van der Waals surface area contributed by atoms with Gasteiger partial charge in [0.2, 0.25) is 5.91 Å². The summed E-state index contributed by atoms with van der Waals surface area (Å²) in [5.74, 6) is 0.108. The number of nitrogens with one attached hydrogen (secondary N) is 2. The zero-order chi connectivity index (χ0) is 15.7. The molecule has 1 aliphatic heterocycles. The van der Waals surface area contributed by atoms with Crippen LogP contribution in [-0.2, 0) is 4.79 Å². The van der Waals surface area contributed by atoms with Crippen molar-refractivity contribution < 1.29 is 9.18 Å². The average molecular weight is 356 g/mol. The Kier molecular flexibility index (Phi) is 5.73. The minimum absolute atomic E-state index is 0. The molecule has 0 aliphatic carbocycles. The molecule has 0 radical (unpaired) electrons. The first-order valence-corrected chi connectivity index (χ1v) is 8.11. The lowest BCUT2D eigenvalue weighted by molar-refractivity contribution is -0.121. The van der Waals surface area contributed by atoms with Gasteiger partial charge < -0.3 is 10.6 Å². The summed E-state index contributed by atoms with van der Waals surface area (Å²) in [4.78, 5) is 17.7. The van der Waals surface area contributed by atoms with Crippen LogP contribution < -0.4 is 10.6 Å². The highest BCUT2D eigenvalue weighted by Gasteiger charge is 2.29. The standard InChI is InChI=1S/C16H18FN3OS.ClH/c1-9(12-7-18-8-12)15(21)20-16-19-14(10(2)22-16)11-3-5-13(17)6-4-11;/h3-6,9,12,18H,7-8H2,1-2H3,(H,19,20,21);1H. The molecule has 7 heteroatoms. The molecular weight excluding hydrogens is 337 g/mol. The van der Waals surface area contributed by atoms with Crippen LogP contribution in [0.3, 0.4) is 0 Å². The van der Waals surface area contributed by atoms with E-state index in [9.17, 15) is 9.18 Å². The molecule has 3 rings (SSSR count). The van der Waals surface area contributed by atoms with Gasteiger partial charge in [0.25, 0.3) is 0 Å². The number of benzene rings is 1. The third-order valence-electron chi connectivity index (χ3n) is 4.08. The first kappa shape index (κ1) is 17.8. The number of carbonyl (C=O) groups is 1. The first-order valence-electron chi connectivity index (χ1n) is 7.29. The van der Waals surface area contributed by atoms with Gasteiger partial charge in [0.15, 0.2) is 5.13 Å². The minimum Gasteiger partial charge on any atom is -0.316 e. The van der Waals surface area contributed by atoms with Crippen molar-refractivity contribution in [1.82, 2.24) is 10.3 Å². The Morgan fingerprint density at radius 3 is 2.61 bits per heavy atom. The van der Waals surface area contributed by atoms with Crippen LogP contribution in [0, 0.1) is 24.6 Å². The molecule has 2 aromatic rings. The van der Waals surface area contributed by atoms with E-state index >= 15 is 0 Å². The summed E-state index contributed by atoms with van der Waals surface area (Å²) in [5, 5.41) is 6.67. The normalized spacial score (nSPS) is 15.4. The lowest BCUT2D eigenvalue weighted by Crippen LogP contribution is -2.48. The summed E-state index contributed by atoms with van der Waals surface area (Å²) in [6.45, 7) is 5.69. The van der Waals surface area contributed by atoms with Crippen LogP contribution in [0.1, 0.15) is 11.8 Å². The van der Waals surface area contributed by atoms with E-state index in [1.807, 2.05) is 13.8 Å². The van der Waals surface area contributed by atoms with Crippen molar-refractivity contribution in [3.8, 4) is 11.3 Å². The molecule has 23 heavy (non-hydrogen) atoms. The fourth-order valence-electron chi connectivity index (χ4n) is 2.42. The van der Waals surface area contributed by atoms with Crippen molar-refractivity contribution >= 4 is 34.8 Å². The highest BCUT2D eigenvalue weighted by atomic mass is 35.5. The lowest BCUT2D eigenvalue weighted by Gasteiger charge is -2.31. The van der Waals surface area contributed by atoms with Gasteiger partial charge in [0.05, 0.1) is 5.69 Å². The second kappa shape index (κ2) is 7.38. The van der Waals surface area contributed by atoms with Crippen LogP contribution >= 0.6 is 23.7 Å². The van der Waals surface area contributed by atoms with Gasteiger partial charge in [0, 0.05) is 16.4 Å². The van der Waals surface area contributed by atoms with Crippen molar-refractivity contribution in [2.75, 3.05) is 18.4 Å². The molecule has 1 amide bonds. The van der Waals surface area contributed by atoms with Crippen molar-refractivity contribution in [2.45, 2.75) is 13.8 Å². The molecule has 1 atom stereocenters. The van der Waals surface area contributed by atoms with Crippen molar-refractivity contribution in [3.63, 3.8) is 0 Å². The molecule has 0 saturated carbocycles. The third-order valence-corrected chi connectivity index (χ3v) is 4.96. The van der Waals surface area contributed by atoms with Crippen molar-refractivity contribution in [1.29, 1.82) is 0 Å². The Bertz CT molecular complexity index is 685. The molecule has 0 bridgehead atoms. The second-order valence-corrected chi connectivity index (χ2v) is 6.83. The summed E-state index contributed by atoms with van der Waals surface area (Å²) < 4.78 is 13.0. The van der Waals surface area contributed by atoms with E-state index in [-0.39, 0.29) is 30.0 Å². The Hall–Kier alpha value is -1.50. The first-order chi connectivity index (χ1) is 10.5. The molecule has 4 nitrogen and oxygen atoms in total. The van der Waals surface area contributed by atoms with Crippen LogP contribution in [0.5, 0.6) is 0 Å². The number of carbonyl (C=O) groups excluding carboxylic acids is 1.